The number of hydrogen-bond acceptors (Lipinski definition) is 2. The summed E-state index contributed by atoms with van der Waals surface area (Å²) in [7, 11) is -4.00. The quantitative estimate of drug-likeness (QED) is 0.431. The van der Waals surface area contributed by atoms with Gasteiger partial charge in [0.25, 0.3) is 0 Å². The van der Waals surface area contributed by atoms with Gasteiger partial charge in [-0.1, -0.05) is 0 Å². The van der Waals surface area contributed by atoms with Gasteiger partial charge in [0.1, 0.15) is 0 Å². The molecule has 0 rings (SSSR count). The van der Waals surface area contributed by atoms with Gasteiger partial charge in [0.05, 0.1) is 5.66 Å². The first-order chi connectivity index (χ1) is 4.52. The Hall–Kier alpha value is 0.400. The van der Waals surface area contributed by atoms with E-state index in [9.17, 15) is 4.57 Å². The lowest BCUT2D eigenvalue weighted by molar-refractivity contribution is 0.357. The zero-order valence-corrected chi connectivity index (χ0v) is 7.05. The Morgan fingerprint density at radius 3 is 2.20 bits per heavy atom. The van der Waals surface area contributed by atoms with Gasteiger partial charge in [-0.25, -0.2) is 0 Å². The molecule has 4 N–H and O–H groups in total. The van der Waals surface area contributed by atoms with E-state index in [1.54, 1.807) is 0 Å². The highest BCUT2D eigenvalue weighted by Gasteiger charge is 2.26. The molecule has 0 radical (unpaired) electrons. The molecule has 0 aromatic heterocycles. The molecule has 0 bridgehead atoms. The molecule has 0 aromatic rings. The molecule has 1 atom stereocenters. The fourth-order valence-electron chi connectivity index (χ4n) is 0.549. The van der Waals surface area contributed by atoms with Crippen LogP contribution in [0.1, 0.15) is 6.42 Å². The van der Waals surface area contributed by atoms with Crippen molar-refractivity contribution in [2.24, 2.45) is 5.73 Å². The predicted molar refractivity (Wildman–Crippen MR) is 40.2 cm³/mol. The Morgan fingerprint density at radius 2 is 2.10 bits per heavy atom. The zero-order chi connectivity index (χ0) is 8.20. The van der Waals surface area contributed by atoms with Gasteiger partial charge in [-0.3, -0.25) is 4.57 Å². The molecule has 1 unspecified atom stereocenters. The van der Waals surface area contributed by atoms with E-state index in [2.05, 4.69) is 0 Å². The summed E-state index contributed by atoms with van der Waals surface area (Å²) >= 11 is 5.28. The summed E-state index contributed by atoms with van der Waals surface area (Å²) in [5.74, 6) is 0.229. The van der Waals surface area contributed by atoms with Crippen molar-refractivity contribution in [1.29, 1.82) is 0 Å². The molecule has 0 aromatic carbocycles. The first-order valence-electron chi connectivity index (χ1n) is 2.83. The summed E-state index contributed by atoms with van der Waals surface area (Å²) in [6, 6.07) is 0. The predicted octanol–water partition coefficient (Wildman–Crippen LogP) is 0.120. The molecule has 4 nitrogen and oxygen atoms in total. The van der Waals surface area contributed by atoms with E-state index in [1.807, 2.05) is 0 Å². The minimum Gasteiger partial charge on any atom is -0.330 e. The Kier molecular flexibility index (Phi) is 4.49. The van der Waals surface area contributed by atoms with Crippen molar-refractivity contribution in [2.45, 2.75) is 12.1 Å². The topological polar surface area (TPSA) is 83.6 Å². The monoisotopic (exact) mass is 187 g/mol. The first-order valence-corrected chi connectivity index (χ1v) is 5.05. The average Bonchev–Trinajstić information content (AvgIpc) is 1.80. The maximum Gasteiger partial charge on any atom is 0.329 e. The van der Waals surface area contributed by atoms with E-state index in [1.165, 1.54) is 0 Å². The highest BCUT2D eigenvalue weighted by Crippen LogP contribution is 2.42. The SMILES string of the molecule is NCC(CCCl)P(=O)(O)O. The van der Waals surface area contributed by atoms with Crippen molar-refractivity contribution in [1.82, 2.24) is 0 Å². The van der Waals surface area contributed by atoms with Crippen molar-refractivity contribution in [3.8, 4) is 0 Å². The van der Waals surface area contributed by atoms with E-state index in [4.69, 9.17) is 27.1 Å². The second kappa shape index (κ2) is 4.31. The third kappa shape index (κ3) is 3.54. The Morgan fingerprint density at radius 1 is 1.60 bits per heavy atom. The van der Waals surface area contributed by atoms with Crippen LogP contribution in [0.4, 0.5) is 0 Å². The summed E-state index contributed by atoms with van der Waals surface area (Å²) in [6.45, 7) is -0.0169. The second-order valence-electron chi connectivity index (χ2n) is 1.96. The van der Waals surface area contributed by atoms with E-state index >= 15 is 0 Å². The standard InChI is InChI=1S/C4H11ClNO3P/c5-2-1-4(3-6)10(7,8)9/h4H,1-3,6H2,(H2,7,8,9). The minimum absolute atomic E-state index is 0.0169. The van der Waals surface area contributed by atoms with Crippen LogP contribution >= 0.6 is 19.2 Å². The lowest BCUT2D eigenvalue weighted by atomic mass is 10.3. The second-order valence-corrected chi connectivity index (χ2v) is 4.24. The Labute approximate surface area is 64.5 Å². The van der Waals surface area contributed by atoms with Crippen LogP contribution < -0.4 is 5.73 Å². The molecule has 62 valence electrons. The summed E-state index contributed by atoms with van der Waals surface area (Å²) in [5, 5.41) is 0. The van der Waals surface area contributed by atoms with Crippen molar-refractivity contribution in [3.63, 3.8) is 0 Å². The van der Waals surface area contributed by atoms with Crippen LogP contribution in [0.15, 0.2) is 0 Å². The molecule has 0 aliphatic heterocycles. The van der Waals surface area contributed by atoms with Crippen molar-refractivity contribution in [2.75, 3.05) is 12.4 Å². The van der Waals surface area contributed by atoms with Crippen LogP contribution in [0, 0.1) is 0 Å². The summed E-state index contributed by atoms with van der Waals surface area (Å²) in [4.78, 5) is 17.2. The van der Waals surface area contributed by atoms with Crippen LogP contribution in [0.5, 0.6) is 0 Å². The lowest BCUT2D eigenvalue weighted by Gasteiger charge is -2.13. The van der Waals surface area contributed by atoms with Crippen LogP contribution in [0.25, 0.3) is 0 Å². The summed E-state index contributed by atoms with van der Waals surface area (Å²) < 4.78 is 10.5. The van der Waals surface area contributed by atoms with Gasteiger partial charge < -0.3 is 15.5 Å². The van der Waals surface area contributed by atoms with Gasteiger partial charge in [0, 0.05) is 12.4 Å². The molecule has 0 saturated carbocycles. The van der Waals surface area contributed by atoms with Crippen molar-refractivity contribution < 1.29 is 14.4 Å². The molecule has 0 aliphatic rings. The molecular formula is C4H11ClNO3P. The minimum atomic E-state index is -4.00. The molecular weight excluding hydrogens is 176 g/mol. The highest BCUT2D eigenvalue weighted by molar-refractivity contribution is 7.52. The van der Waals surface area contributed by atoms with E-state index in [-0.39, 0.29) is 18.8 Å². The van der Waals surface area contributed by atoms with E-state index in [0.717, 1.165) is 0 Å². The van der Waals surface area contributed by atoms with Crippen LogP contribution in [-0.2, 0) is 4.57 Å². The number of halogens is 1. The highest BCUT2D eigenvalue weighted by atomic mass is 35.5. The first kappa shape index (κ1) is 10.4. The molecule has 0 aliphatic carbocycles. The van der Waals surface area contributed by atoms with Gasteiger partial charge in [-0.05, 0) is 6.42 Å². The van der Waals surface area contributed by atoms with Gasteiger partial charge in [0.15, 0.2) is 0 Å². The smallest absolute Gasteiger partial charge is 0.329 e. The van der Waals surface area contributed by atoms with Gasteiger partial charge in [0.2, 0.25) is 0 Å². The van der Waals surface area contributed by atoms with E-state index < -0.39 is 13.3 Å². The number of alkyl halides is 1. The molecule has 6 heteroatoms. The Bertz CT molecular complexity index is 136. The van der Waals surface area contributed by atoms with E-state index in [0.29, 0.717) is 0 Å². The summed E-state index contributed by atoms with van der Waals surface area (Å²) in [6.07, 6.45) is 0.266. The molecule has 10 heavy (non-hydrogen) atoms. The van der Waals surface area contributed by atoms with Crippen LogP contribution in [0.3, 0.4) is 0 Å². The normalized spacial score (nSPS) is 15.2. The van der Waals surface area contributed by atoms with Gasteiger partial charge in [-0.2, -0.15) is 0 Å². The molecule has 0 spiro atoms. The number of hydrogen-bond donors (Lipinski definition) is 3. The maximum absolute atomic E-state index is 10.5. The zero-order valence-electron chi connectivity index (χ0n) is 5.40. The third-order valence-electron chi connectivity index (χ3n) is 1.19. The summed E-state index contributed by atoms with van der Waals surface area (Å²) in [5.41, 5.74) is 4.32. The van der Waals surface area contributed by atoms with Crippen molar-refractivity contribution >= 4 is 19.2 Å². The lowest BCUT2D eigenvalue weighted by Crippen LogP contribution is -2.20. The number of rotatable bonds is 4. The molecule has 0 fully saturated rings. The number of nitrogens with two attached hydrogens (primary N) is 1. The molecule has 0 heterocycles. The largest absolute Gasteiger partial charge is 0.330 e. The third-order valence-corrected chi connectivity index (χ3v) is 2.83. The molecule has 0 amide bonds. The van der Waals surface area contributed by atoms with Crippen LogP contribution in [0.2, 0.25) is 0 Å². The van der Waals surface area contributed by atoms with Crippen LogP contribution in [-0.4, -0.2) is 27.9 Å². The maximum atomic E-state index is 10.5. The Balaban J connectivity index is 3.94. The van der Waals surface area contributed by atoms with Gasteiger partial charge in [-0.15, -0.1) is 11.6 Å². The van der Waals surface area contributed by atoms with Gasteiger partial charge >= 0.3 is 7.60 Å². The fourth-order valence-corrected chi connectivity index (χ4v) is 1.70. The average molecular weight is 188 g/mol. The fraction of sp³-hybridized carbons (Fsp3) is 1.00. The molecule has 0 saturated heterocycles. The van der Waals surface area contributed by atoms with Crippen molar-refractivity contribution in [3.05, 3.63) is 0 Å².